The Kier molecular flexibility index (Phi) is 4.26. The third-order valence-corrected chi connectivity index (χ3v) is 3.58. The van der Waals surface area contributed by atoms with Crippen LogP contribution in [0.2, 0.25) is 0 Å². The fourth-order valence-corrected chi connectivity index (χ4v) is 2.44. The van der Waals surface area contributed by atoms with Crippen molar-refractivity contribution in [2.75, 3.05) is 5.32 Å². The zero-order chi connectivity index (χ0) is 18.0. The van der Waals surface area contributed by atoms with E-state index in [1.165, 1.54) is 12.1 Å². The molecule has 3 rings (SSSR count). The molecule has 0 bridgehead atoms. The van der Waals surface area contributed by atoms with Crippen molar-refractivity contribution in [2.45, 2.75) is 12.6 Å². The van der Waals surface area contributed by atoms with Gasteiger partial charge >= 0.3 is 6.18 Å². The maximum atomic E-state index is 12.7. The number of nitrogens with one attached hydrogen (secondary N) is 2. The summed E-state index contributed by atoms with van der Waals surface area (Å²) in [5.41, 5.74) is -0.858. The summed E-state index contributed by atoms with van der Waals surface area (Å²) in [4.78, 5) is 23.9. The SMILES string of the molecule is O=C(Cc1n[nH]c(=O)c2ccccc12)Nc1cccc(C(F)(F)F)c1. The fourth-order valence-electron chi connectivity index (χ4n) is 2.44. The molecule has 128 valence electrons. The molecule has 5 nitrogen and oxygen atoms in total. The van der Waals surface area contributed by atoms with Gasteiger partial charge in [0.15, 0.2) is 0 Å². The van der Waals surface area contributed by atoms with Crippen LogP contribution in [0.5, 0.6) is 0 Å². The summed E-state index contributed by atoms with van der Waals surface area (Å²) in [7, 11) is 0. The van der Waals surface area contributed by atoms with E-state index in [9.17, 15) is 22.8 Å². The number of H-pyrrole nitrogens is 1. The van der Waals surface area contributed by atoms with Gasteiger partial charge in [0.2, 0.25) is 5.91 Å². The summed E-state index contributed by atoms with van der Waals surface area (Å²) in [5.74, 6) is -0.538. The van der Waals surface area contributed by atoms with Gasteiger partial charge < -0.3 is 5.32 Å². The maximum absolute atomic E-state index is 12.7. The van der Waals surface area contributed by atoms with Gasteiger partial charge in [0.1, 0.15) is 0 Å². The van der Waals surface area contributed by atoms with E-state index in [2.05, 4.69) is 15.5 Å². The second-order valence-electron chi connectivity index (χ2n) is 5.35. The average molecular weight is 347 g/mol. The minimum atomic E-state index is -4.49. The second kappa shape index (κ2) is 6.39. The van der Waals surface area contributed by atoms with Crippen molar-refractivity contribution in [3.05, 3.63) is 70.1 Å². The van der Waals surface area contributed by atoms with Gasteiger partial charge in [0.05, 0.1) is 23.1 Å². The van der Waals surface area contributed by atoms with Gasteiger partial charge in [-0.05, 0) is 24.3 Å². The quantitative estimate of drug-likeness (QED) is 0.764. The number of hydrogen-bond acceptors (Lipinski definition) is 3. The summed E-state index contributed by atoms with van der Waals surface area (Å²) in [6, 6.07) is 11.0. The molecule has 0 atom stereocenters. The highest BCUT2D eigenvalue weighted by atomic mass is 19.4. The number of aromatic amines is 1. The Morgan fingerprint density at radius 1 is 1.08 bits per heavy atom. The second-order valence-corrected chi connectivity index (χ2v) is 5.35. The van der Waals surface area contributed by atoms with E-state index in [-0.39, 0.29) is 17.7 Å². The third-order valence-electron chi connectivity index (χ3n) is 3.58. The van der Waals surface area contributed by atoms with Crippen molar-refractivity contribution in [3.8, 4) is 0 Å². The smallest absolute Gasteiger partial charge is 0.326 e. The number of benzene rings is 2. The largest absolute Gasteiger partial charge is 0.416 e. The van der Waals surface area contributed by atoms with Crippen molar-refractivity contribution in [1.29, 1.82) is 0 Å². The molecular formula is C17H12F3N3O2. The zero-order valence-electron chi connectivity index (χ0n) is 12.7. The van der Waals surface area contributed by atoms with Gasteiger partial charge in [-0.2, -0.15) is 18.3 Å². The van der Waals surface area contributed by atoms with Crippen LogP contribution in [0.15, 0.2) is 53.3 Å². The van der Waals surface area contributed by atoms with Crippen LogP contribution >= 0.6 is 0 Å². The minimum absolute atomic E-state index is 0.0357. The Hall–Kier alpha value is -3.16. The van der Waals surface area contributed by atoms with E-state index in [0.717, 1.165) is 12.1 Å². The van der Waals surface area contributed by atoms with Crippen molar-refractivity contribution in [2.24, 2.45) is 0 Å². The Bertz CT molecular complexity index is 996. The monoisotopic (exact) mass is 347 g/mol. The van der Waals surface area contributed by atoms with E-state index in [1.807, 2.05) is 0 Å². The lowest BCUT2D eigenvalue weighted by molar-refractivity contribution is -0.137. The molecule has 0 saturated heterocycles. The Balaban J connectivity index is 1.82. The standard InChI is InChI=1S/C17H12F3N3O2/c18-17(19,20)10-4-3-5-11(8-10)21-15(24)9-14-12-6-1-2-7-13(12)16(25)23-22-14/h1-8H,9H2,(H,21,24)(H,23,25). The van der Waals surface area contributed by atoms with Gasteiger partial charge in [-0.25, -0.2) is 5.10 Å². The van der Waals surface area contributed by atoms with Gasteiger partial charge in [-0.15, -0.1) is 0 Å². The van der Waals surface area contributed by atoms with Crippen molar-refractivity contribution < 1.29 is 18.0 Å². The molecule has 1 heterocycles. The number of fused-ring (bicyclic) bond motifs is 1. The highest BCUT2D eigenvalue weighted by Gasteiger charge is 2.30. The third kappa shape index (κ3) is 3.68. The molecule has 2 aromatic carbocycles. The zero-order valence-corrected chi connectivity index (χ0v) is 12.7. The summed E-state index contributed by atoms with van der Waals surface area (Å²) in [6.07, 6.45) is -4.68. The van der Waals surface area contributed by atoms with Crippen LogP contribution in [-0.2, 0) is 17.4 Å². The van der Waals surface area contributed by atoms with E-state index in [1.54, 1.807) is 24.3 Å². The highest BCUT2D eigenvalue weighted by Crippen LogP contribution is 2.30. The first-order valence-electron chi connectivity index (χ1n) is 7.28. The van der Waals surface area contributed by atoms with Crippen molar-refractivity contribution >= 4 is 22.4 Å². The number of alkyl halides is 3. The number of rotatable bonds is 3. The van der Waals surface area contributed by atoms with Crippen LogP contribution < -0.4 is 10.9 Å². The molecule has 0 radical (unpaired) electrons. The molecule has 0 fully saturated rings. The predicted octanol–water partition coefficient (Wildman–Crippen LogP) is 3.12. The lowest BCUT2D eigenvalue weighted by atomic mass is 10.1. The van der Waals surface area contributed by atoms with E-state index >= 15 is 0 Å². The normalized spacial score (nSPS) is 11.5. The lowest BCUT2D eigenvalue weighted by Gasteiger charge is -2.10. The Morgan fingerprint density at radius 2 is 1.80 bits per heavy atom. The molecule has 0 aliphatic rings. The molecule has 0 unspecified atom stereocenters. The van der Waals surface area contributed by atoms with Crippen molar-refractivity contribution in [3.63, 3.8) is 0 Å². The fraction of sp³-hybridized carbons (Fsp3) is 0.118. The first kappa shape index (κ1) is 16.7. The van der Waals surface area contributed by atoms with Crippen LogP contribution in [0.25, 0.3) is 10.8 Å². The summed E-state index contributed by atoms with van der Waals surface area (Å²) >= 11 is 0. The minimum Gasteiger partial charge on any atom is -0.326 e. The lowest BCUT2D eigenvalue weighted by Crippen LogP contribution is -2.18. The van der Waals surface area contributed by atoms with Gasteiger partial charge in [-0.3, -0.25) is 9.59 Å². The molecule has 8 heteroatoms. The summed E-state index contributed by atoms with van der Waals surface area (Å²) in [5, 5.41) is 9.49. The number of anilines is 1. The first-order valence-corrected chi connectivity index (χ1v) is 7.28. The molecule has 0 aliphatic heterocycles. The highest BCUT2D eigenvalue weighted by molar-refractivity contribution is 5.95. The molecular weight excluding hydrogens is 335 g/mol. The predicted molar refractivity (Wildman–Crippen MR) is 86.1 cm³/mol. The van der Waals surface area contributed by atoms with Gasteiger partial charge in [0.25, 0.3) is 5.56 Å². The molecule has 0 spiro atoms. The first-order chi connectivity index (χ1) is 11.8. The number of halogens is 3. The topological polar surface area (TPSA) is 74.8 Å². The maximum Gasteiger partial charge on any atom is 0.416 e. The molecule has 1 aromatic heterocycles. The number of nitrogens with zero attached hydrogens (tertiary/aromatic N) is 1. The molecule has 0 saturated carbocycles. The molecule has 2 N–H and O–H groups in total. The van der Waals surface area contributed by atoms with Crippen LogP contribution in [0.1, 0.15) is 11.3 Å². The number of hydrogen-bond donors (Lipinski definition) is 2. The Labute approximate surface area is 139 Å². The van der Waals surface area contributed by atoms with Gasteiger partial charge in [0, 0.05) is 11.1 Å². The summed E-state index contributed by atoms with van der Waals surface area (Å²) in [6.45, 7) is 0. The number of carbonyl (C=O) groups is 1. The van der Waals surface area contributed by atoms with Crippen LogP contribution in [0.4, 0.5) is 18.9 Å². The number of carbonyl (C=O) groups excluding carboxylic acids is 1. The van der Waals surface area contributed by atoms with Crippen LogP contribution in [0.3, 0.4) is 0 Å². The number of aromatic nitrogens is 2. The van der Waals surface area contributed by atoms with Crippen molar-refractivity contribution in [1.82, 2.24) is 10.2 Å². The molecule has 3 aromatic rings. The van der Waals surface area contributed by atoms with Crippen LogP contribution in [0, 0.1) is 0 Å². The number of amides is 1. The van der Waals surface area contributed by atoms with Crippen LogP contribution in [-0.4, -0.2) is 16.1 Å². The van der Waals surface area contributed by atoms with Gasteiger partial charge in [-0.1, -0.05) is 24.3 Å². The van der Waals surface area contributed by atoms with E-state index in [0.29, 0.717) is 16.5 Å². The molecule has 0 aliphatic carbocycles. The molecule has 25 heavy (non-hydrogen) atoms. The Morgan fingerprint density at radius 3 is 2.52 bits per heavy atom. The van der Waals surface area contributed by atoms with E-state index < -0.39 is 17.6 Å². The average Bonchev–Trinajstić information content (AvgIpc) is 2.57. The molecule has 1 amide bonds. The van der Waals surface area contributed by atoms with E-state index in [4.69, 9.17) is 0 Å². The summed E-state index contributed by atoms with van der Waals surface area (Å²) < 4.78 is 38.1.